The van der Waals surface area contributed by atoms with Crippen LogP contribution in [-0.2, 0) is 0 Å². The number of hydrogen-bond donors (Lipinski definition) is 1. The van der Waals surface area contributed by atoms with Crippen molar-refractivity contribution < 1.29 is 14.1 Å². The standard InChI is InChI=1S/C11H15N3O3/c1-4-5-11(2,7-12)13-10(15)8-6-9(16-3)14-17-8/h6H,4-5H2,1-3H3,(H,13,15). The number of carbonyl (C=O) groups is 1. The molecule has 0 radical (unpaired) electrons. The molecule has 0 aliphatic carbocycles. The first kappa shape index (κ1) is 13.0. The van der Waals surface area contributed by atoms with Crippen molar-refractivity contribution in [1.82, 2.24) is 10.5 Å². The van der Waals surface area contributed by atoms with E-state index in [-0.39, 0.29) is 11.6 Å². The summed E-state index contributed by atoms with van der Waals surface area (Å²) in [6.07, 6.45) is 1.37. The number of nitrogens with zero attached hydrogens (tertiary/aromatic N) is 2. The van der Waals surface area contributed by atoms with Gasteiger partial charge in [-0.25, -0.2) is 0 Å². The first-order chi connectivity index (χ1) is 8.04. The lowest BCUT2D eigenvalue weighted by Crippen LogP contribution is -2.44. The van der Waals surface area contributed by atoms with Crippen LogP contribution in [-0.4, -0.2) is 23.7 Å². The van der Waals surface area contributed by atoms with Gasteiger partial charge in [-0.05, 0) is 18.5 Å². The average Bonchev–Trinajstić information content (AvgIpc) is 2.78. The summed E-state index contributed by atoms with van der Waals surface area (Å²) in [4.78, 5) is 11.8. The minimum absolute atomic E-state index is 0.0272. The van der Waals surface area contributed by atoms with Crippen molar-refractivity contribution in [3.63, 3.8) is 0 Å². The predicted molar refractivity (Wildman–Crippen MR) is 59.4 cm³/mol. The van der Waals surface area contributed by atoms with Gasteiger partial charge in [0, 0.05) is 0 Å². The smallest absolute Gasteiger partial charge is 0.291 e. The number of nitriles is 1. The largest absolute Gasteiger partial charge is 0.479 e. The maximum Gasteiger partial charge on any atom is 0.291 e. The molecule has 0 bridgehead atoms. The van der Waals surface area contributed by atoms with E-state index in [0.717, 1.165) is 6.42 Å². The molecule has 1 atom stereocenters. The Morgan fingerprint density at radius 1 is 1.76 bits per heavy atom. The fourth-order valence-corrected chi connectivity index (χ4v) is 1.42. The molecule has 0 aliphatic rings. The maximum absolute atomic E-state index is 11.8. The van der Waals surface area contributed by atoms with Crippen LogP contribution in [0.3, 0.4) is 0 Å². The summed E-state index contributed by atoms with van der Waals surface area (Å²) in [5.74, 6) is -0.220. The number of aromatic nitrogens is 1. The number of nitrogens with one attached hydrogen (secondary N) is 1. The molecule has 0 aromatic carbocycles. The molecule has 0 fully saturated rings. The van der Waals surface area contributed by atoms with E-state index in [1.54, 1.807) is 6.92 Å². The highest BCUT2D eigenvalue weighted by atomic mass is 16.5. The van der Waals surface area contributed by atoms with E-state index in [1.165, 1.54) is 13.2 Å². The van der Waals surface area contributed by atoms with Gasteiger partial charge in [-0.15, -0.1) is 0 Å². The zero-order chi connectivity index (χ0) is 12.9. The van der Waals surface area contributed by atoms with Crippen LogP contribution in [0, 0.1) is 11.3 Å². The number of ether oxygens (including phenoxy) is 1. The second-order valence-corrected chi connectivity index (χ2v) is 3.88. The summed E-state index contributed by atoms with van der Waals surface area (Å²) in [5, 5.41) is 15.2. The van der Waals surface area contributed by atoms with Crippen molar-refractivity contribution in [2.75, 3.05) is 7.11 Å². The van der Waals surface area contributed by atoms with E-state index >= 15 is 0 Å². The van der Waals surface area contributed by atoms with Crippen molar-refractivity contribution in [3.8, 4) is 11.9 Å². The Kier molecular flexibility index (Phi) is 4.10. The molecule has 6 heteroatoms. The van der Waals surface area contributed by atoms with Crippen LogP contribution < -0.4 is 10.1 Å². The highest BCUT2D eigenvalue weighted by molar-refractivity contribution is 5.92. The van der Waals surface area contributed by atoms with Gasteiger partial charge in [0.05, 0.1) is 19.2 Å². The highest BCUT2D eigenvalue weighted by Gasteiger charge is 2.27. The minimum atomic E-state index is -0.897. The van der Waals surface area contributed by atoms with Crippen molar-refractivity contribution >= 4 is 5.91 Å². The molecule has 6 nitrogen and oxygen atoms in total. The summed E-state index contributed by atoms with van der Waals surface area (Å²) >= 11 is 0. The molecule has 1 aromatic heterocycles. The van der Waals surface area contributed by atoms with Crippen LogP contribution in [0.5, 0.6) is 5.88 Å². The third-order valence-electron chi connectivity index (χ3n) is 2.31. The Labute approximate surface area is 99.5 Å². The maximum atomic E-state index is 11.8. The van der Waals surface area contributed by atoms with Gasteiger partial charge >= 0.3 is 0 Å². The van der Waals surface area contributed by atoms with Crippen LogP contribution in [0.25, 0.3) is 0 Å². The van der Waals surface area contributed by atoms with Crippen molar-refractivity contribution in [2.45, 2.75) is 32.2 Å². The SMILES string of the molecule is CCCC(C)(C#N)NC(=O)c1cc(OC)no1. The number of methoxy groups -OCH3 is 1. The van der Waals surface area contributed by atoms with E-state index in [4.69, 9.17) is 14.5 Å². The third-order valence-corrected chi connectivity index (χ3v) is 2.31. The zero-order valence-electron chi connectivity index (χ0n) is 10.1. The van der Waals surface area contributed by atoms with Crippen LogP contribution >= 0.6 is 0 Å². The molecule has 0 spiro atoms. The first-order valence-electron chi connectivity index (χ1n) is 5.29. The van der Waals surface area contributed by atoms with E-state index < -0.39 is 11.4 Å². The molecule has 1 aromatic rings. The average molecular weight is 237 g/mol. The summed E-state index contributed by atoms with van der Waals surface area (Å²) in [6, 6.07) is 3.45. The van der Waals surface area contributed by atoms with Crippen LogP contribution in [0.1, 0.15) is 37.2 Å². The summed E-state index contributed by atoms with van der Waals surface area (Å²) < 4.78 is 9.59. The fraction of sp³-hybridized carbons (Fsp3) is 0.545. The third kappa shape index (κ3) is 3.21. The minimum Gasteiger partial charge on any atom is -0.479 e. The normalized spacial score (nSPS) is 13.5. The first-order valence-corrected chi connectivity index (χ1v) is 5.29. The molecule has 0 aliphatic heterocycles. The molecule has 92 valence electrons. The lowest BCUT2D eigenvalue weighted by atomic mass is 9.98. The van der Waals surface area contributed by atoms with Crippen LogP contribution in [0.15, 0.2) is 10.6 Å². The lowest BCUT2D eigenvalue weighted by molar-refractivity contribution is 0.0883. The van der Waals surface area contributed by atoms with E-state index in [0.29, 0.717) is 6.42 Å². The molecular formula is C11H15N3O3. The summed E-state index contributed by atoms with van der Waals surface area (Å²) in [6.45, 7) is 3.61. The van der Waals surface area contributed by atoms with E-state index in [2.05, 4.69) is 16.5 Å². The molecule has 0 saturated carbocycles. The number of hydrogen-bond acceptors (Lipinski definition) is 5. The molecule has 0 saturated heterocycles. The molecule has 1 rings (SSSR count). The Hall–Kier alpha value is -2.03. The Morgan fingerprint density at radius 2 is 2.47 bits per heavy atom. The highest BCUT2D eigenvalue weighted by Crippen LogP contribution is 2.14. The Morgan fingerprint density at radius 3 is 2.94 bits per heavy atom. The number of amides is 1. The van der Waals surface area contributed by atoms with Gasteiger partial charge in [0.2, 0.25) is 5.76 Å². The van der Waals surface area contributed by atoms with Gasteiger partial charge < -0.3 is 14.6 Å². The van der Waals surface area contributed by atoms with Gasteiger partial charge in [0.25, 0.3) is 11.8 Å². The number of carbonyl (C=O) groups excluding carboxylic acids is 1. The predicted octanol–water partition coefficient (Wildman–Crippen LogP) is 1.50. The topological polar surface area (TPSA) is 88.2 Å². The molecule has 1 amide bonds. The summed E-state index contributed by atoms with van der Waals surface area (Å²) in [7, 11) is 1.43. The van der Waals surface area contributed by atoms with Gasteiger partial charge in [-0.1, -0.05) is 13.3 Å². The molecule has 17 heavy (non-hydrogen) atoms. The second kappa shape index (κ2) is 5.34. The van der Waals surface area contributed by atoms with Crippen molar-refractivity contribution in [1.29, 1.82) is 5.26 Å². The molecule has 1 unspecified atom stereocenters. The Balaban J connectivity index is 2.74. The lowest BCUT2D eigenvalue weighted by Gasteiger charge is -2.21. The molecular weight excluding hydrogens is 222 g/mol. The van der Waals surface area contributed by atoms with Gasteiger partial charge in [-0.2, -0.15) is 5.26 Å². The number of rotatable bonds is 5. The second-order valence-electron chi connectivity index (χ2n) is 3.88. The van der Waals surface area contributed by atoms with Crippen LogP contribution in [0.2, 0.25) is 0 Å². The van der Waals surface area contributed by atoms with Crippen LogP contribution in [0.4, 0.5) is 0 Å². The Bertz CT molecular complexity index is 435. The van der Waals surface area contributed by atoms with Gasteiger partial charge in [0.1, 0.15) is 5.54 Å². The van der Waals surface area contributed by atoms with Gasteiger partial charge in [-0.3, -0.25) is 4.79 Å². The molecule has 1 heterocycles. The van der Waals surface area contributed by atoms with Gasteiger partial charge in [0.15, 0.2) is 0 Å². The molecule has 1 N–H and O–H groups in total. The van der Waals surface area contributed by atoms with E-state index in [1.807, 2.05) is 6.92 Å². The monoisotopic (exact) mass is 237 g/mol. The van der Waals surface area contributed by atoms with Crippen molar-refractivity contribution in [3.05, 3.63) is 11.8 Å². The van der Waals surface area contributed by atoms with E-state index in [9.17, 15) is 4.79 Å². The van der Waals surface area contributed by atoms with Crippen molar-refractivity contribution in [2.24, 2.45) is 0 Å². The fourth-order valence-electron chi connectivity index (χ4n) is 1.42. The summed E-state index contributed by atoms with van der Waals surface area (Å²) in [5.41, 5.74) is -0.897. The zero-order valence-corrected chi connectivity index (χ0v) is 10.1. The quantitative estimate of drug-likeness (QED) is 0.838.